The molecule has 9 heteroatoms. The number of amides is 3. The van der Waals surface area contributed by atoms with Crippen LogP contribution in [0.2, 0.25) is 0 Å². The Balaban J connectivity index is 1.95. The monoisotopic (exact) mass is 301 g/mol. The largest absolute Gasteiger partial charge is 0.401 e. The van der Waals surface area contributed by atoms with E-state index in [1.807, 2.05) is 5.32 Å². The molecule has 6 nitrogen and oxygen atoms in total. The van der Waals surface area contributed by atoms with Crippen LogP contribution in [0.4, 0.5) is 18.9 Å². The average Bonchev–Trinajstić information content (AvgIpc) is 2.63. The van der Waals surface area contributed by atoms with Crippen LogP contribution in [0.1, 0.15) is 20.7 Å². The molecular formula is C12H10F3N3O3. The normalized spacial score (nSPS) is 13.9. The molecule has 0 radical (unpaired) electrons. The van der Waals surface area contributed by atoms with Gasteiger partial charge in [-0.1, -0.05) is 0 Å². The third-order valence-electron chi connectivity index (χ3n) is 2.63. The highest BCUT2D eigenvalue weighted by Crippen LogP contribution is 2.20. The van der Waals surface area contributed by atoms with Crippen LogP contribution in [0.5, 0.6) is 0 Å². The first kappa shape index (κ1) is 15.0. The minimum atomic E-state index is -4.40. The highest BCUT2D eigenvalue weighted by Gasteiger charge is 2.27. The molecule has 0 atom stereocenters. The summed E-state index contributed by atoms with van der Waals surface area (Å²) in [5, 5.41) is 6.36. The number of carbonyl (C=O) groups is 3. The Morgan fingerprint density at radius 1 is 1.14 bits per heavy atom. The standard InChI is InChI=1S/C12H10F3N3O3/c13-12(14,15)5-16-4-9(19)17-6-1-2-7-8(3-6)11(21)18-10(7)20/h1-3,16H,4-5H2,(H,17,19)(H,18,20,21). The van der Waals surface area contributed by atoms with Crippen LogP contribution in [-0.4, -0.2) is 37.0 Å². The van der Waals surface area contributed by atoms with Gasteiger partial charge in [0.15, 0.2) is 0 Å². The van der Waals surface area contributed by atoms with E-state index in [4.69, 9.17) is 0 Å². The second-order valence-corrected chi connectivity index (χ2v) is 4.31. The van der Waals surface area contributed by atoms with Gasteiger partial charge in [0, 0.05) is 5.69 Å². The SMILES string of the molecule is O=C(CNCC(F)(F)F)Nc1ccc2c(c1)C(=O)NC2=O. The maximum Gasteiger partial charge on any atom is 0.401 e. The van der Waals surface area contributed by atoms with Crippen molar-refractivity contribution in [2.75, 3.05) is 18.4 Å². The van der Waals surface area contributed by atoms with E-state index in [1.54, 1.807) is 0 Å². The van der Waals surface area contributed by atoms with E-state index in [2.05, 4.69) is 10.6 Å². The molecule has 0 saturated carbocycles. The molecule has 3 amide bonds. The Kier molecular flexibility index (Phi) is 3.94. The van der Waals surface area contributed by atoms with Crippen LogP contribution in [0, 0.1) is 0 Å². The Morgan fingerprint density at radius 3 is 2.48 bits per heavy atom. The van der Waals surface area contributed by atoms with Crippen molar-refractivity contribution in [2.45, 2.75) is 6.18 Å². The molecule has 1 aliphatic heterocycles. The fourth-order valence-corrected chi connectivity index (χ4v) is 1.77. The highest BCUT2D eigenvalue weighted by atomic mass is 19.4. The molecule has 1 aromatic carbocycles. The minimum absolute atomic E-state index is 0.112. The summed E-state index contributed by atoms with van der Waals surface area (Å²) in [6.45, 7) is -1.80. The summed E-state index contributed by atoms with van der Waals surface area (Å²) in [5.41, 5.74) is 0.520. The van der Waals surface area contributed by atoms with Crippen LogP contribution in [0.25, 0.3) is 0 Å². The molecule has 0 aliphatic carbocycles. The predicted molar refractivity (Wildman–Crippen MR) is 65.8 cm³/mol. The maximum absolute atomic E-state index is 11.9. The first-order valence-electron chi connectivity index (χ1n) is 5.83. The van der Waals surface area contributed by atoms with Crippen molar-refractivity contribution in [3.05, 3.63) is 29.3 Å². The van der Waals surface area contributed by atoms with Crippen molar-refractivity contribution < 1.29 is 27.6 Å². The molecule has 0 bridgehead atoms. The van der Waals surface area contributed by atoms with Crippen LogP contribution in [0.15, 0.2) is 18.2 Å². The van der Waals surface area contributed by atoms with E-state index >= 15 is 0 Å². The molecule has 0 saturated heterocycles. The van der Waals surface area contributed by atoms with Crippen LogP contribution in [0.3, 0.4) is 0 Å². The lowest BCUT2D eigenvalue weighted by molar-refractivity contribution is -0.127. The molecule has 1 aromatic rings. The van der Waals surface area contributed by atoms with Crippen LogP contribution < -0.4 is 16.0 Å². The molecule has 0 aromatic heterocycles. The van der Waals surface area contributed by atoms with Gasteiger partial charge in [-0.15, -0.1) is 0 Å². The Labute approximate surface area is 116 Å². The third kappa shape index (κ3) is 3.78. The zero-order chi connectivity index (χ0) is 15.6. The lowest BCUT2D eigenvalue weighted by Crippen LogP contribution is -2.35. The molecule has 0 unspecified atom stereocenters. The zero-order valence-corrected chi connectivity index (χ0v) is 10.5. The Morgan fingerprint density at radius 2 is 1.81 bits per heavy atom. The van der Waals surface area contributed by atoms with Gasteiger partial charge in [0.05, 0.1) is 24.2 Å². The van der Waals surface area contributed by atoms with Gasteiger partial charge >= 0.3 is 6.18 Å². The summed E-state index contributed by atoms with van der Waals surface area (Å²) < 4.78 is 35.7. The molecule has 1 heterocycles. The molecule has 0 fully saturated rings. The van der Waals surface area contributed by atoms with E-state index in [1.165, 1.54) is 18.2 Å². The molecule has 1 aliphatic rings. The first-order chi connectivity index (χ1) is 9.76. The molecule has 2 rings (SSSR count). The van der Waals surface area contributed by atoms with Crippen molar-refractivity contribution in [2.24, 2.45) is 0 Å². The number of imide groups is 1. The number of rotatable bonds is 4. The van der Waals surface area contributed by atoms with Crippen LogP contribution in [-0.2, 0) is 4.79 Å². The summed E-state index contributed by atoms with van der Waals surface area (Å²) in [7, 11) is 0. The lowest BCUT2D eigenvalue weighted by Gasteiger charge is -2.09. The van der Waals surface area contributed by atoms with Gasteiger partial charge in [-0.05, 0) is 18.2 Å². The fraction of sp³-hybridized carbons (Fsp3) is 0.250. The van der Waals surface area contributed by atoms with Crippen molar-refractivity contribution in [1.29, 1.82) is 0 Å². The number of hydrogen-bond donors (Lipinski definition) is 3. The average molecular weight is 301 g/mol. The molecular weight excluding hydrogens is 291 g/mol. The zero-order valence-electron chi connectivity index (χ0n) is 10.5. The number of nitrogens with one attached hydrogen (secondary N) is 3. The Bertz CT molecular complexity index is 614. The minimum Gasteiger partial charge on any atom is -0.325 e. The van der Waals surface area contributed by atoms with E-state index in [0.29, 0.717) is 0 Å². The fourth-order valence-electron chi connectivity index (χ4n) is 1.77. The quantitative estimate of drug-likeness (QED) is 0.713. The van der Waals surface area contributed by atoms with Crippen molar-refractivity contribution in [1.82, 2.24) is 10.6 Å². The van der Waals surface area contributed by atoms with Crippen LogP contribution >= 0.6 is 0 Å². The molecule has 0 spiro atoms. The van der Waals surface area contributed by atoms with Gasteiger partial charge < -0.3 is 10.6 Å². The van der Waals surface area contributed by atoms with Gasteiger partial charge in [0.25, 0.3) is 11.8 Å². The number of halogens is 3. The Hall–Kier alpha value is -2.42. The van der Waals surface area contributed by atoms with E-state index in [0.717, 1.165) is 0 Å². The number of alkyl halides is 3. The number of fused-ring (bicyclic) bond motifs is 1. The van der Waals surface area contributed by atoms with Gasteiger partial charge in [-0.25, -0.2) is 0 Å². The molecule has 3 N–H and O–H groups in total. The van der Waals surface area contributed by atoms with E-state index in [9.17, 15) is 27.6 Å². The predicted octanol–water partition coefficient (Wildman–Crippen LogP) is 0.661. The number of hydrogen-bond acceptors (Lipinski definition) is 4. The van der Waals surface area contributed by atoms with Crippen molar-refractivity contribution in [3.8, 4) is 0 Å². The summed E-state index contributed by atoms with van der Waals surface area (Å²) in [6, 6.07) is 4.03. The highest BCUT2D eigenvalue weighted by molar-refractivity contribution is 6.22. The van der Waals surface area contributed by atoms with E-state index in [-0.39, 0.29) is 16.8 Å². The van der Waals surface area contributed by atoms with Crippen molar-refractivity contribution >= 4 is 23.4 Å². The topological polar surface area (TPSA) is 87.3 Å². The smallest absolute Gasteiger partial charge is 0.325 e. The first-order valence-corrected chi connectivity index (χ1v) is 5.83. The van der Waals surface area contributed by atoms with Gasteiger partial charge in [-0.2, -0.15) is 13.2 Å². The number of carbonyl (C=O) groups excluding carboxylic acids is 3. The third-order valence-corrected chi connectivity index (χ3v) is 2.63. The van der Waals surface area contributed by atoms with E-state index < -0.39 is 37.0 Å². The number of anilines is 1. The summed E-state index contributed by atoms with van der Waals surface area (Å²) in [6.07, 6.45) is -4.40. The molecule has 112 valence electrons. The van der Waals surface area contributed by atoms with Gasteiger partial charge in [0.1, 0.15) is 0 Å². The van der Waals surface area contributed by atoms with Gasteiger partial charge in [-0.3, -0.25) is 19.7 Å². The summed E-state index contributed by atoms with van der Waals surface area (Å²) in [5.74, 6) is -1.80. The number of benzene rings is 1. The lowest BCUT2D eigenvalue weighted by atomic mass is 10.1. The summed E-state index contributed by atoms with van der Waals surface area (Å²) >= 11 is 0. The molecule has 21 heavy (non-hydrogen) atoms. The maximum atomic E-state index is 11.9. The van der Waals surface area contributed by atoms with Crippen molar-refractivity contribution in [3.63, 3.8) is 0 Å². The summed E-state index contributed by atoms with van der Waals surface area (Å²) in [4.78, 5) is 34.2. The second-order valence-electron chi connectivity index (χ2n) is 4.31. The second kappa shape index (κ2) is 5.52. The van der Waals surface area contributed by atoms with Gasteiger partial charge in [0.2, 0.25) is 5.91 Å².